The average Bonchev–Trinajstić information content (AvgIpc) is 2.36. The molecule has 5 heteroatoms. The summed E-state index contributed by atoms with van der Waals surface area (Å²) in [6.07, 6.45) is 3.34. The molecule has 0 radical (unpaired) electrons. The maximum atomic E-state index is 11.9. The van der Waals surface area contributed by atoms with Crippen molar-refractivity contribution in [3.8, 4) is 0 Å². The predicted octanol–water partition coefficient (Wildman–Crippen LogP) is 1.60. The van der Waals surface area contributed by atoms with Crippen LogP contribution in [0.4, 0.5) is 0 Å². The van der Waals surface area contributed by atoms with Gasteiger partial charge in [0.15, 0.2) is 0 Å². The van der Waals surface area contributed by atoms with Crippen LogP contribution in [0.1, 0.15) is 45.1 Å². The Hall–Kier alpha value is -1.49. The molecule has 0 bridgehead atoms. The minimum absolute atomic E-state index is 0.00602. The number of aromatic nitrogens is 2. The molecule has 0 saturated heterocycles. The SMILES string of the molecule is Cc1nccnc1C(C)NC(C)C(=O)NCC(C)C. The second-order valence-electron chi connectivity index (χ2n) is 5.28. The lowest BCUT2D eigenvalue weighted by molar-refractivity contribution is -0.123. The first-order valence-electron chi connectivity index (χ1n) is 6.73. The van der Waals surface area contributed by atoms with Crippen molar-refractivity contribution in [3.63, 3.8) is 0 Å². The highest BCUT2D eigenvalue weighted by atomic mass is 16.2. The smallest absolute Gasteiger partial charge is 0.236 e. The Balaban J connectivity index is 2.54. The number of hydrogen-bond acceptors (Lipinski definition) is 4. The summed E-state index contributed by atoms with van der Waals surface area (Å²) >= 11 is 0. The fourth-order valence-corrected chi connectivity index (χ4v) is 1.83. The van der Waals surface area contributed by atoms with Gasteiger partial charge in [0.05, 0.1) is 17.4 Å². The quantitative estimate of drug-likeness (QED) is 0.819. The molecular formula is C14H24N4O. The van der Waals surface area contributed by atoms with Gasteiger partial charge in [0.2, 0.25) is 5.91 Å². The van der Waals surface area contributed by atoms with E-state index in [9.17, 15) is 4.79 Å². The molecule has 5 nitrogen and oxygen atoms in total. The van der Waals surface area contributed by atoms with Gasteiger partial charge in [0, 0.05) is 25.0 Å². The van der Waals surface area contributed by atoms with Crippen LogP contribution < -0.4 is 10.6 Å². The fraction of sp³-hybridized carbons (Fsp3) is 0.643. The maximum absolute atomic E-state index is 11.9. The van der Waals surface area contributed by atoms with Crippen molar-refractivity contribution in [1.82, 2.24) is 20.6 Å². The normalized spacial score (nSPS) is 14.2. The second kappa shape index (κ2) is 7.19. The molecule has 1 heterocycles. The van der Waals surface area contributed by atoms with Crippen LogP contribution in [0.2, 0.25) is 0 Å². The number of amides is 1. The van der Waals surface area contributed by atoms with Crippen molar-refractivity contribution in [2.75, 3.05) is 6.54 Å². The molecule has 1 aromatic heterocycles. The molecule has 2 atom stereocenters. The van der Waals surface area contributed by atoms with Gasteiger partial charge < -0.3 is 5.32 Å². The number of nitrogens with one attached hydrogen (secondary N) is 2. The standard InChI is InChI=1S/C14H24N4O/c1-9(2)8-17-14(19)12(5)18-11(4)13-10(3)15-6-7-16-13/h6-7,9,11-12,18H,8H2,1-5H3,(H,17,19). The van der Waals surface area contributed by atoms with Crippen molar-refractivity contribution >= 4 is 5.91 Å². The number of rotatable bonds is 6. The topological polar surface area (TPSA) is 66.9 Å². The van der Waals surface area contributed by atoms with Crippen LogP contribution in [-0.4, -0.2) is 28.5 Å². The number of aryl methyl sites for hydroxylation is 1. The van der Waals surface area contributed by atoms with Gasteiger partial charge >= 0.3 is 0 Å². The summed E-state index contributed by atoms with van der Waals surface area (Å²) in [4.78, 5) is 20.4. The molecule has 0 spiro atoms. The van der Waals surface area contributed by atoms with E-state index >= 15 is 0 Å². The molecular weight excluding hydrogens is 240 g/mol. The largest absolute Gasteiger partial charge is 0.354 e. The summed E-state index contributed by atoms with van der Waals surface area (Å²) < 4.78 is 0. The van der Waals surface area contributed by atoms with E-state index in [2.05, 4.69) is 34.4 Å². The van der Waals surface area contributed by atoms with Crippen molar-refractivity contribution < 1.29 is 4.79 Å². The fourth-order valence-electron chi connectivity index (χ4n) is 1.83. The first-order valence-corrected chi connectivity index (χ1v) is 6.73. The van der Waals surface area contributed by atoms with E-state index < -0.39 is 0 Å². The first-order chi connectivity index (χ1) is 8.91. The summed E-state index contributed by atoms with van der Waals surface area (Å²) in [5.41, 5.74) is 1.77. The Morgan fingerprint density at radius 1 is 1.21 bits per heavy atom. The van der Waals surface area contributed by atoms with E-state index in [4.69, 9.17) is 0 Å². The Morgan fingerprint density at radius 3 is 2.42 bits per heavy atom. The van der Waals surface area contributed by atoms with Crippen molar-refractivity contribution in [3.05, 3.63) is 23.8 Å². The molecule has 1 aromatic rings. The molecule has 2 N–H and O–H groups in total. The highest BCUT2D eigenvalue weighted by Gasteiger charge is 2.18. The minimum Gasteiger partial charge on any atom is -0.354 e. The van der Waals surface area contributed by atoms with Crippen LogP contribution >= 0.6 is 0 Å². The molecule has 1 rings (SSSR count). The lowest BCUT2D eigenvalue weighted by Gasteiger charge is -2.20. The van der Waals surface area contributed by atoms with E-state index in [1.807, 2.05) is 20.8 Å². The summed E-state index contributed by atoms with van der Waals surface area (Å²) in [5.74, 6) is 0.470. The van der Waals surface area contributed by atoms with Crippen LogP contribution in [-0.2, 0) is 4.79 Å². The Bertz CT molecular complexity index is 420. The molecule has 1 amide bonds. The zero-order valence-corrected chi connectivity index (χ0v) is 12.4. The number of nitrogens with zero attached hydrogens (tertiary/aromatic N) is 2. The summed E-state index contributed by atoms with van der Waals surface area (Å²) in [6, 6.07) is -0.261. The molecule has 0 aliphatic heterocycles. The molecule has 2 unspecified atom stereocenters. The summed E-state index contributed by atoms with van der Waals surface area (Å²) in [5, 5.41) is 6.16. The molecule has 19 heavy (non-hydrogen) atoms. The van der Waals surface area contributed by atoms with Gasteiger partial charge in [-0.05, 0) is 26.7 Å². The molecule has 106 valence electrons. The van der Waals surface area contributed by atoms with E-state index in [-0.39, 0.29) is 18.0 Å². The third kappa shape index (κ3) is 4.95. The third-order valence-electron chi connectivity index (χ3n) is 2.91. The van der Waals surface area contributed by atoms with E-state index in [0.29, 0.717) is 12.5 Å². The van der Waals surface area contributed by atoms with Crippen LogP contribution in [0.25, 0.3) is 0 Å². The molecule has 0 aliphatic carbocycles. The highest BCUT2D eigenvalue weighted by molar-refractivity contribution is 5.81. The van der Waals surface area contributed by atoms with Crippen LogP contribution in [0, 0.1) is 12.8 Å². The maximum Gasteiger partial charge on any atom is 0.236 e. The zero-order valence-electron chi connectivity index (χ0n) is 12.4. The highest BCUT2D eigenvalue weighted by Crippen LogP contribution is 2.12. The lowest BCUT2D eigenvalue weighted by atomic mass is 10.1. The number of carbonyl (C=O) groups excluding carboxylic acids is 1. The molecule has 0 fully saturated rings. The average molecular weight is 264 g/mol. The molecule has 0 saturated carbocycles. The van der Waals surface area contributed by atoms with E-state index in [0.717, 1.165) is 11.4 Å². The Morgan fingerprint density at radius 2 is 1.84 bits per heavy atom. The monoisotopic (exact) mass is 264 g/mol. The Labute approximate surface area is 115 Å². The first kappa shape index (κ1) is 15.6. The minimum atomic E-state index is -0.254. The molecule has 0 aliphatic rings. The van der Waals surface area contributed by atoms with Gasteiger partial charge in [0.25, 0.3) is 0 Å². The van der Waals surface area contributed by atoms with Gasteiger partial charge in [-0.1, -0.05) is 13.8 Å². The Kier molecular flexibility index (Phi) is 5.89. The zero-order chi connectivity index (χ0) is 14.4. The van der Waals surface area contributed by atoms with Gasteiger partial charge in [-0.15, -0.1) is 0 Å². The van der Waals surface area contributed by atoms with Crippen LogP contribution in [0.5, 0.6) is 0 Å². The number of carbonyl (C=O) groups is 1. The second-order valence-corrected chi connectivity index (χ2v) is 5.28. The van der Waals surface area contributed by atoms with Crippen LogP contribution in [0.3, 0.4) is 0 Å². The van der Waals surface area contributed by atoms with Gasteiger partial charge in [-0.2, -0.15) is 0 Å². The number of hydrogen-bond donors (Lipinski definition) is 2. The van der Waals surface area contributed by atoms with Gasteiger partial charge in [-0.3, -0.25) is 20.1 Å². The van der Waals surface area contributed by atoms with E-state index in [1.54, 1.807) is 12.4 Å². The summed E-state index contributed by atoms with van der Waals surface area (Å²) in [7, 11) is 0. The summed E-state index contributed by atoms with van der Waals surface area (Å²) in [6.45, 7) is 10.6. The molecule has 0 aromatic carbocycles. The lowest BCUT2D eigenvalue weighted by Crippen LogP contribution is -2.44. The van der Waals surface area contributed by atoms with E-state index in [1.165, 1.54) is 0 Å². The van der Waals surface area contributed by atoms with Crippen molar-refractivity contribution in [2.45, 2.75) is 46.7 Å². The van der Waals surface area contributed by atoms with Gasteiger partial charge in [0.1, 0.15) is 0 Å². The third-order valence-corrected chi connectivity index (χ3v) is 2.91. The predicted molar refractivity (Wildman–Crippen MR) is 75.6 cm³/mol. The van der Waals surface area contributed by atoms with Crippen LogP contribution in [0.15, 0.2) is 12.4 Å². The van der Waals surface area contributed by atoms with Crippen molar-refractivity contribution in [2.24, 2.45) is 5.92 Å². The van der Waals surface area contributed by atoms with Crippen molar-refractivity contribution in [1.29, 1.82) is 0 Å². The van der Waals surface area contributed by atoms with Gasteiger partial charge in [-0.25, -0.2) is 0 Å².